The van der Waals surface area contributed by atoms with Crippen LogP contribution in [0, 0.1) is 6.92 Å². The summed E-state index contributed by atoms with van der Waals surface area (Å²) in [5.41, 5.74) is 11.0. The van der Waals surface area contributed by atoms with E-state index in [1.807, 2.05) is 50.3 Å². The topological polar surface area (TPSA) is 135 Å². The number of rotatable bonds is 7. The Kier molecular flexibility index (Phi) is 8.88. The Balaban J connectivity index is 1.40. The van der Waals surface area contributed by atoms with Crippen LogP contribution in [0.2, 0.25) is 0 Å². The normalized spacial score (nSPS) is 14.3. The maximum Gasteiger partial charge on any atom is 0.410 e. The van der Waals surface area contributed by atoms with Crippen molar-refractivity contribution in [3.8, 4) is 0 Å². The number of hydrogen-bond acceptors (Lipinski definition) is 6. The van der Waals surface area contributed by atoms with Gasteiger partial charge in [0.15, 0.2) is 11.8 Å². The van der Waals surface area contributed by atoms with Crippen molar-refractivity contribution in [3.05, 3.63) is 89.4 Å². The van der Waals surface area contributed by atoms with E-state index >= 15 is 0 Å². The zero-order valence-corrected chi connectivity index (χ0v) is 22.3. The summed E-state index contributed by atoms with van der Waals surface area (Å²) in [6.07, 6.45) is 3.99. The average Bonchev–Trinajstić information content (AvgIpc) is 2.94. The summed E-state index contributed by atoms with van der Waals surface area (Å²) in [5.74, 6) is 0.448. The molecule has 0 saturated carbocycles. The first kappa shape index (κ1) is 27.3. The molecule has 0 saturated heterocycles. The van der Waals surface area contributed by atoms with Crippen molar-refractivity contribution in [2.24, 2.45) is 10.7 Å². The van der Waals surface area contributed by atoms with Gasteiger partial charge in [0.05, 0.1) is 18.3 Å². The molecule has 0 radical (unpaired) electrons. The number of ether oxygens (including phenoxy) is 1. The minimum absolute atomic E-state index is 0.163. The van der Waals surface area contributed by atoms with Gasteiger partial charge in [-0.05, 0) is 81.3 Å². The first-order chi connectivity index (χ1) is 18.8. The summed E-state index contributed by atoms with van der Waals surface area (Å²) in [6.45, 7) is 6.97. The third kappa shape index (κ3) is 7.19. The van der Waals surface area contributed by atoms with Gasteiger partial charge >= 0.3 is 6.09 Å². The molecule has 4 rings (SSSR count). The summed E-state index contributed by atoms with van der Waals surface area (Å²) in [7, 11) is 0. The van der Waals surface area contributed by atoms with Gasteiger partial charge in [0.25, 0.3) is 5.91 Å². The van der Waals surface area contributed by atoms with Crippen LogP contribution in [0.15, 0.2) is 71.9 Å². The fourth-order valence-electron chi connectivity index (χ4n) is 4.19. The number of carbonyl (C=O) groups excluding carboxylic acids is 2. The van der Waals surface area contributed by atoms with E-state index in [0.717, 1.165) is 22.5 Å². The molecule has 0 bridgehead atoms. The number of nitrogens with two attached hydrogens (primary N) is 1. The molecule has 1 aliphatic heterocycles. The van der Waals surface area contributed by atoms with Gasteiger partial charge in [-0.2, -0.15) is 4.99 Å². The second-order valence-electron chi connectivity index (χ2n) is 9.10. The zero-order chi connectivity index (χ0) is 27.8. The number of pyridine rings is 2. The molecule has 3 heterocycles. The summed E-state index contributed by atoms with van der Waals surface area (Å²) in [6, 6.07) is 16.3. The van der Waals surface area contributed by atoms with Crippen molar-refractivity contribution in [2.75, 3.05) is 25.0 Å². The third-order valence-corrected chi connectivity index (χ3v) is 6.21. The molecular formula is C29H33N7O3. The number of hydrogen-bond donors (Lipinski definition) is 3. The van der Waals surface area contributed by atoms with Crippen molar-refractivity contribution >= 4 is 35.0 Å². The van der Waals surface area contributed by atoms with Crippen molar-refractivity contribution < 1.29 is 14.3 Å². The molecule has 1 aromatic carbocycles. The molecule has 10 heteroatoms. The lowest BCUT2D eigenvalue weighted by Crippen LogP contribution is -2.35. The van der Waals surface area contributed by atoms with Gasteiger partial charge in [-0.15, -0.1) is 0 Å². The first-order valence-electron chi connectivity index (χ1n) is 12.9. The molecule has 4 N–H and O–H groups in total. The number of aryl methyl sites for hydroxylation is 1. The maximum atomic E-state index is 12.7. The van der Waals surface area contributed by atoms with Crippen LogP contribution in [0.4, 0.5) is 16.3 Å². The van der Waals surface area contributed by atoms with Gasteiger partial charge in [-0.1, -0.05) is 12.1 Å². The first-order valence-corrected chi connectivity index (χ1v) is 12.9. The van der Waals surface area contributed by atoms with Gasteiger partial charge in [-0.3, -0.25) is 9.78 Å². The van der Waals surface area contributed by atoms with Crippen LogP contribution in [0.5, 0.6) is 0 Å². The van der Waals surface area contributed by atoms with Crippen LogP contribution in [0.25, 0.3) is 5.57 Å². The van der Waals surface area contributed by atoms with Crippen molar-refractivity contribution in [3.63, 3.8) is 0 Å². The number of benzene rings is 1. The highest BCUT2D eigenvalue weighted by Crippen LogP contribution is 2.29. The molecule has 2 aromatic heterocycles. The largest absolute Gasteiger partial charge is 0.450 e. The fraction of sp³-hybridized carbons (Fsp3) is 0.276. The maximum absolute atomic E-state index is 12.7. The van der Waals surface area contributed by atoms with Crippen molar-refractivity contribution in [1.29, 1.82) is 0 Å². The fourth-order valence-corrected chi connectivity index (χ4v) is 4.19. The highest BCUT2D eigenvalue weighted by atomic mass is 16.6. The minimum Gasteiger partial charge on any atom is -0.450 e. The predicted octanol–water partition coefficient (Wildman–Crippen LogP) is 4.58. The van der Waals surface area contributed by atoms with Crippen LogP contribution in [0.1, 0.15) is 53.6 Å². The van der Waals surface area contributed by atoms with Crippen LogP contribution in [-0.2, 0) is 4.74 Å². The Morgan fingerprint density at radius 3 is 2.64 bits per heavy atom. The molecule has 1 unspecified atom stereocenters. The van der Waals surface area contributed by atoms with Gasteiger partial charge in [-0.25, -0.2) is 9.78 Å². The quantitative estimate of drug-likeness (QED) is 0.302. The lowest BCUT2D eigenvalue weighted by molar-refractivity contribution is 0.0938. The molecule has 202 valence electrons. The zero-order valence-electron chi connectivity index (χ0n) is 22.3. The van der Waals surface area contributed by atoms with Crippen LogP contribution < -0.4 is 16.4 Å². The van der Waals surface area contributed by atoms with Crippen molar-refractivity contribution in [1.82, 2.24) is 20.2 Å². The Bertz CT molecular complexity index is 1390. The molecule has 2 amide bonds. The van der Waals surface area contributed by atoms with Gasteiger partial charge < -0.3 is 26.0 Å². The Morgan fingerprint density at radius 1 is 1.15 bits per heavy atom. The van der Waals surface area contributed by atoms with E-state index in [1.165, 1.54) is 0 Å². The second kappa shape index (κ2) is 12.7. The van der Waals surface area contributed by atoms with Crippen LogP contribution in [0.3, 0.4) is 0 Å². The summed E-state index contributed by atoms with van der Waals surface area (Å²) >= 11 is 0. The highest BCUT2D eigenvalue weighted by molar-refractivity contribution is 5.97. The summed E-state index contributed by atoms with van der Waals surface area (Å²) < 4.78 is 5.09. The van der Waals surface area contributed by atoms with Gasteiger partial charge in [0, 0.05) is 41.8 Å². The highest BCUT2D eigenvalue weighted by Gasteiger charge is 2.20. The Morgan fingerprint density at radius 2 is 1.95 bits per heavy atom. The number of aliphatic imine (C=N–C) groups is 1. The smallest absolute Gasteiger partial charge is 0.410 e. The van der Waals surface area contributed by atoms with Gasteiger partial charge in [0.1, 0.15) is 0 Å². The van der Waals surface area contributed by atoms with E-state index in [0.29, 0.717) is 43.2 Å². The SMILES string of the molecule is CCOC(=O)N1CC=C(c2cccnc2N=C(N)Nc2ccc(C(=O)NC(C)c3cccc(C)n3)cc2)CC1. The van der Waals surface area contributed by atoms with E-state index < -0.39 is 0 Å². The molecule has 39 heavy (non-hydrogen) atoms. The van der Waals surface area contributed by atoms with E-state index in [4.69, 9.17) is 10.5 Å². The lowest BCUT2D eigenvalue weighted by Gasteiger charge is -2.26. The van der Waals surface area contributed by atoms with Gasteiger partial charge in [0.2, 0.25) is 0 Å². The molecule has 1 atom stereocenters. The molecule has 0 fully saturated rings. The standard InChI is InChI=1S/C29H33N7O3/c1-4-39-29(38)36-17-14-21(15-18-36)24-8-6-16-31-26(24)35-28(30)34-23-12-10-22(11-13-23)27(37)33-20(3)25-9-5-7-19(2)32-25/h5-14,16,20H,4,15,17-18H2,1-3H3,(H,33,37)(H3,30,31,34,35). The molecule has 1 aliphatic rings. The number of anilines is 1. The Hall–Kier alpha value is -4.73. The molecule has 3 aromatic rings. The van der Waals surface area contributed by atoms with Crippen molar-refractivity contribution in [2.45, 2.75) is 33.2 Å². The number of aromatic nitrogens is 2. The molecule has 0 spiro atoms. The number of nitrogens with zero attached hydrogens (tertiary/aromatic N) is 4. The molecular weight excluding hydrogens is 494 g/mol. The summed E-state index contributed by atoms with van der Waals surface area (Å²) in [5, 5.41) is 6.03. The lowest BCUT2D eigenvalue weighted by atomic mass is 10.0. The second-order valence-corrected chi connectivity index (χ2v) is 9.10. The summed E-state index contributed by atoms with van der Waals surface area (Å²) in [4.78, 5) is 39.7. The van der Waals surface area contributed by atoms with Crippen LogP contribution >= 0.6 is 0 Å². The number of nitrogens with one attached hydrogen (secondary N) is 2. The molecule has 0 aliphatic carbocycles. The van der Waals surface area contributed by atoms with E-state index in [1.54, 1.807) is 42.3 Å². The van der Waals surface area contributed by atoms with Crippen LogP contribution in [-0.4, -0.2) is 52.5 Å². The van der Waals surface area contributed by atoms with E-state index in [-0.39, 0.29) is 24.0 Å². The average molecular weight is 528 g/mol. The van der Waals surface area contributed by atoms with E-state index in [9.17, 15) is 9.59 Å². The monoisotopic (exact) mass is 527 g/mol. The molecule has 10 nitrogen and oxygen atoms in total. The number of carbonyl (C=O) groups is 2. The number of amides is 2. The van der Waals surface area contributed by atoms with E-state index in [2.05, 4.69) is 25.6 Å². The number of guanidine groups is 1. The third-order valence-electron chi connectivity index (χ3n) is 6.21. The predicted molar refractivity (Wildman–Crippen MR) is 152 cm³/mol. The minimum atomic E-state index is -0.313. The Labute approximate surface area is 228 Å².